The van der Waals surface area contributed by atoms with Gasteiger partial charge in [0, 0.05) is 6.04 Å². The Hall–Kier alpha value is -0.470. The van der Waals surface area contributed by atoms with Gasteiger partial charge in [0.25, 0.3) is 0 Å². The maximum atomic E-state index is 3.69. The van der Waals surface area contributed by atoms with E-state index in [2.05, 4.69) is 69.0 Å². The van der Waals surface area contributed by atoms with Crippen molar-refractivity contribution in [1.82, 2.24) is 5.32 Å². The van der Waals surface area contributed by atoms with Crippen LogP contribution in [0.3, 0.4) is 0 Å². The van der Waals surface area contributed by atoms with Gasteiger partial charge in [-0.05, 0) is 53.9 Å². The molecule has 1 fully saturated rings. The molecule has 1 saturated heterocycles. The van der Waals surface area contributed by atoms with Crippen LogP contribution < -0.4 is 5.32 Å². The van der Waals surface area contributed by atoms with Gasteiger partial charge in [-0.2, -0.15) is 11.8 Å². The summed E-state index contributed by atoms with van der Waals surface area (Å²) < 4.78 is 0. The summed E-state index contributed by atoms with van der Waals surface area (Å²) in [4.78, 5) is 0. The Morgan fingerprint density at radius 3 is 2.47 bits per heavy atom. The molecule has 106 valence electrons. The van der Waals surface area contributed by atoms with Crippen molar-refractivity contribution in [3.63, 3.8) is 0 Å². The van der Waals surface area contributed by atoms with Crippen molar-refractivity contribution >= 4 is 11.8 Å². The molecule has 0 aromatic heterocycles. The van der Waals surface area contributed by atoms with Crippen LogP contribution in [0.15, 0.2) is 24.3 Å². The van der Waals surface area contributed by atoms with E-state index in [4.69, 9.17) is 0 Å². The monoisotopic (exact) mass is 277 g/mol. The fraction of sp³-hybridized carbons (Fsp3) is 0.647. The van der Waals surface area contributed by atoms with Gasteiger partial charge in [-0.25, -0.2) is 0 Å². The zero-order valence-corrected chi connectivity index (χ0v) is 13.5. The smallest absolute Gasteiger partial charge is 0.0291 e. The molecule has 2 atom stereocenters. The number of thioether (sulfide) groups is 1. The van der Waals surface area contributed by atoms with E-state index in [1.165, 1.54) is 29.1 Å². The summed E-state index contributed by atoms with van der Waals surface area (Å²) in [5.74, 6) is 3.56. The average molecular weight is 277 g/mol. The number of rotatable bonds is 4. The molecule has 0 radical (unpaired) electrons. The van der Waals surface area contributed by atoms with E-state index in [1.54, 1.807) is 0 Å². The standard InChI is InChI=1S/C17H27NS/c1-13(18-11-14-9-10-19-12-14)15-5-7-16(8-6-15)17(2,3)4/h5-8,13-14,18H,9-12H2,1-4H3. The predicted octanol–water partition coefficient (Wildman–Crippen LogP) is 4.39. The van der Waals surface area contributed by atoms with Gasteiger partial charge >= 0.3 is 0 Å². The molecule has 1 nitrogen and oxygen atoms in total. The maximum absolute atomic E-state index is 3.69. The van der Waals surface area contributed by atoms with Crippen LogP contribution >= 0.6 is 11.8 Å². The van der Waals surface area contributed by atoms with Crippen LogP contribution in [0.25, 0.3) is 0 Å². The van der Waals surface area contributed by atoms with Crippen molar-refractivity contribution in [2.45, 2.75) is 45.6 Å². The van der Waals surface area contributed by atoms with E-state index in [0.717, 1.165) is 12.5 Å². The van der Waals surface area contributed by atoms with Crippen molar-refractivity contribution in [2.24, 2.45) is 5.92 Å². The lowest BCUT2D eigenvalue weighted by atomic mass is 9.86. The molecule has 19 heavy (non-hydrogen) atoms. The average Bonchev–Trinajstić information content (AvgIpc) is 2.88. The minimum atomic E-state index is 0.246. The van der Waals surface area contributed by atoms with Crippen molar-refractivity contribution < 1.29 is 0 Å². The van der Waals surface area contributed by atoms with Gasteiger partial charge in [0.05, 0.1) is 0 Å². The third-order valence-corrected chi connectivity index (χ3v) is 5.24. The van der Waals surface area contributed by atoms with Crippen LogP contribution in [0.4, 0.5) is 0 Å². The first-order chi connectivity index (χ1) is 8.97. The third kappa shape index (κ3) is 4.25. The number of hydrogen-bond donors (Lipinski definition) is 1. The lowest BCUT2D eigenvalue weighted by Crippen LogP contribution is -2.25. The summed E-state index contributed by atoms with van der Waals surface area (Å²) in [6.07, 6.45) is 1.38. The third-order valence-electron chi connectivity index (χ3n) is 4.01. The Morgan fingerprint density at radius 2 is 1.95 bits per heavy atom. The lowest BCUT2D eigenvalue weighted by molar-refractivity contribution is 0.477. The molecule has 1 N–H and O–H groups in total. The number of hydrogen-bond acceptors (Lipinski definition) is 2. The van der Waals surface area contributed by atoms with E-state index >= 15 is 0 Å². The summed E-state index contributed by atoms with van der Waals surface area (Å²) in [6.45, 7) is 10.2. The van der Waals surface area contributed by atoms with Gasteiger partial charge in [0.2, 0.25) is 0 Å². The van der Waals surface area contributed by atoms with Crippen LogP contribution in [0.1, 0.15) is 51.3 Å². The van der Waals surface area contributed by atoms with Gasteiger partial charge in [-0.1, -0.05) is 45.0 Å². The minimum Gasteiger partial charge on any atom is -0.310 e. The van der Waals surface area contributed by atoms with E-state index in [0.29, 0.717) is 6.04 Å². The Morgan fingerprint density at radius 1 is 1.26 bits per heavy atom. The van der Waals surface area contributed by atoms with Crippen molar-refractivity contribution in [3.05, 3.63) is 35.4 Å². The first-order valence-electron chi connectivity index (χ1n) is 7.38. The largest absolute Gasteiger partial charge is 0.310 e. The topological polar surface area (TPSA) is 12.0 Å². The summed E-state index contributed by atoms with van der Waals surface area (Å²) in [5.41, 5.74) is 3.06. The molecule has 1 aliphatic rings. The molecular weight excluding hydrogens is 250 g/mol. The molecule has 1 aromatic carbocycles. The molecular formula is C17H27NS. The second kappa shape index (κ2) is 6.32. The predicted molar refractivity (Wildman–Crippen MR) is 87.0 cm³/mol. The SMILES string of the molecule is CC(NCC1CCSC1)c1ccc(C(C)(C)C)cc1. The highest BCUT2D eigenvalue weighted by Crippen LogP contribution is 2.25. The zero-order valence-electron chi connectivity index (χ0n) is 12.7. The second-order valence-electron chi connectivity index (χ2n) is 6.73. The van der Waals surface area contributed by atoms with Crippen LogP contribution in [0.2, 0.25) is 0 Å². The summed E-state index contributed by atoms with van der Waals surface area (Å²) in [5, 5.41) is 3.69. The van der Waals surface area contributed by atoms with E-state index in [1.807, 2.05) is 0 Å². The van der Waals surface area contributed by atoms with E-state index in [9.17, 15) is 0 Å². The van der Waals surface area contributed by atoms with Crippen molar-refractivity contribution in [3.8, 4) is 0 Å². The second-order valence-corrected chi connectivity index (χ2v) is 7.88. The molecule has 1 aliphatic heterocycles. The first kappa shape index (κ1) is 14.9. The lowest BCUT2D eigenvalue weighted by Gasteiger charge is -2.21. The quantitative estimate of drug-likeness (QED) is 0.876. The summed E-state index contributed by atoms with van der Waals surface area (Å²) in [6, 6.07) is 9.57. The Bertz CT molecular complexity index is 385. The first-order valence-corrected chi connectivity index (χ1v) is 8.54. The van der Waals surface area contributed by atoms with Gasteiger partial charge in [-0.3, -0.25) is 0 Å². The molecule has 2 unspecified atom stereocenters. The summed E-state index contributed by atoms with van der Waals surface area (Å²) in [7, 11) is 0. The van der Waals surface area contributed by atoms with Crippen LogP contribution in [-0.4, -0.2) is 18.1 Å². The van der Waals surface area contributed by atoms with Gasteiger partial charge in [0.1, 0.15) is 0 Å². The Balaban J connectivity index is 1.89. The molecule has 0 amide bonds. The molecule has 0 aliphatic carbocycles. The van der Waals surface area contributed by atoms with Gasteiger partial charge in [-0.15, -0.1) is 0 Å². The van der Waals surface area contributed by atoms with Crippen LogP contribution in [0, 0.1) is 5.92 Å². The minimum absolute atomic E-state index is 0.246. The number of nitrogens with one attached hydrogen (secondary N) is 1. The molecule has 2 heteroatoms. The fourth-order valence-electron chi connectivity index (χ4n) is 2.48. The molecule has 2 rings (SSSR count). The van der Waals surface area contributed by atoms with Crippen molar-refractivity contribution in [1.29, 1.82) is 0 Å². The van der Waals surface area contributed by atoms with Crippen LogP contribution in [0.5, 0.6) is 0 Å². The van der Waals surface area contributed by atoms with E-state index in [-0.39, 0.29) is 5.41 Å². The Labute approximate surface area is 122 Å². The molecule has 1 aromatic rings. The summed E-state index contributed by atoms with van der Waals surface area (Å²) >= 11 is 2.09. The normalized spacial score (nSPS) is 21.6. The van der Waals surface area contributed by atoms with Gasteiger partial charge < -0.3 is 5.32 Å². The van der Waals surface area contributed by atoms with Crippen molar-refractivity contribution in [2.75, 3.05) is 18.1 Å². The van der Waals surface area contributed by atoms with Gasteiger partial charge in [0.15, 0.2) is 0 Å². The highest BCUT2D eigenvalue weighted by atomic mass is 32.2. The Kier molecular flexibility index (Phi) is 4.97. The van der Waals surface area contributed by atoms with Crippen LogP contribution in [-0.2, 0) is 5.41 Å². The maximum Gasteiger partial charge on any atom is 0.0291 e. The molecule has 0 bridgehead atoms. The highest BCUT2D eigenvalue weighted by molar-refractivity contribution is 7.99. The highest BCUT2D eigenvalue weighted by Gasteiger charge is 2.17. The number of benzene rings is 1. The zero-order chi connectivity index (χ0) is 13.9. The molecule has 1 heterocycles. The van der Waals surface area contributed by atoms with E-state index < -0.39 is 0 Å². The molecule has 0 saturated carbocycles. The molecule has 0 spiro atoms. The fourth-order valence-corrected chi connectivity index (χ4v) is 3.76.